The molecule has 0 spiro atoms. The van der Waals surface area contributed by atoms with Gasteiger partial charge in [0.05, 0.1) is 24.0 Å². The molecule has 0 aromatic rings. The van der Waals surface area contributed by atoms with Gasteiger partial charge in [0.25, 0.3) is 0 Å². The van der Waals surface area contributed by atoms with E-state index < -0.39 is 11.4 Å². The maximum absolute atomic E-state index is 12.3. The highest BCUT2D eigenvalue weighted by Crippen LogP contribution is 2.31. The molecule has 0 aliphatic carbocycles. The van der Waals surface area contributed by atoms with Crippen molar-refractivity contribution in [2.24, 2.45) is 11.3 Å². The number of carboxylic acids is 1. The largest absolute Gasteiger partial charge is 0.481 e. The van der Waals surface area contributed by atoms with Crippen molar-refractivity contribution in [3.63, 3.8) is 0 Å². The van der Waals surface area contributed by atoms with Crippen molar-refractivity contribution >= 4 is 11.9 Å². The van der Waals surface area contributed by atoms with Crippen LogP contribution < -0.4 is 0 Å². The Morgan fingerprint density at radius 3 is 2.72 bits per heavy atom. The van der Waals surface area contributed by atoms with Crippen LogP contribution in [0.15, 0.2) is 0 Å². The van der Waals surface area contributed by atoms with Crippen LogP contribution in [0.4, 0.5) is 0 Å². The Balaban J connectivity index is 2.00. The summed E-state index contributed by atoms with van der Waals surface area (Å²) in [6.45, 7) is 5.16. The number of likely N-dealkylation sites (tertiary alicyclic amines) is 1. The second kappa shape index (κ2) is 4.88. The molecule has 0 aromatic carbocycles. The van der Waals surface area contributed by atoms with Crippen molar-refractivity contribution in [2.75, 3.05) is 19.7 Å². The van der Waals surface area contributed by atoms with E-state index in [2.05, 4.69) is 0 Å². The van der Waals surface area contributed by atoms with Crippen molar-refractivity contribution < 1.29 is 19.4 Å². The van der Waals surface area contributed by atoms with Crippen LogP contribution in [0.2, 0.25) is 0 Å². The topological polar surface area (TPSA) is 66.8 Å². The summed E-state index contributed by atoms with van der Waals surface area (Å²) >= 11 is 0. The number of aliphatic carboxylic acids is 1. The molecule has 5 nitrogen and oxygen atoms in total. The normalized spacial score (nSPS) is 36.7. The highest BCUT2D eigenvalue weighted by atomic mass is 16.5. The summed E-state index contributed by atoms with van der Waals surface area (Å²) in [5.41, 5.74) is -0.793. The van der Waals surface area contributed by atoms with Gasteiger partial charge in [-0.25, -0.2) is 0 Å². The fourth-order valence-corrected chi connectivity index (χ4v) is 2.85. The highest BCUT2D eigenvalue weighted by molar-refractivity contribution is 5.81. The van der Waals surface area contributed by atoms with Crippen LogP contribution >= 0.6 is 0 Å². The molecule has 0 saturated carbocycles. The number of carboxylic acid groups (broad SMARTS) is 1. The van der Waals surface area contributed by atoms with Crippen LogP contribution in [0.3, 0.4) is 0 Å². The molecule has 2 heterocycles. The van der Waals surface area contributed by atoms with Gasteiger partial charge in [0.15, 0.2) is 0 Å². The predicted molar refractivity (Wildman–Crippen MR) is 65.1 cm³/mol. The van der Waals surface area contributed by atoms with Gasteiger partial charge in [0, 0.05) is 13.1 Å². The van der Waals surface area contributed by atoms with E-state index in [1.807, 2.05) is 6.92 Å². The number of rotatable bonds is 2. The summed E-state index contributed by atoms with van der Waals surface area (Å²) in [5.74, 6) is -0.835. The Bertz CT molecular complexity index is 357. The minimum absolute atomic E-state index is 0.0616. The number of piperidine rings is 1. The molecule has 2 saturated heterocycles. The van der Waals surface area contributed by atoms with E-state index in [1.165, 1.54) is 0 Å². The van der Waals surface area contributed by atoms with Crippen molar-refractivity contribution in [3.05, 3.63) is 0 Å². The lowest BCUT2D eigenvalue weighted by atomic mass is 9.81. The summed E-state index contributed by atoms with van der Waals surface area (Å²) in [6.07, 6.45) is 2.29. The predicted octanol–water partition coefficient (Wildman–Crippen LogP) is 1.12. The molecule has 0 radical (unpaired) electrons. The molecule has 2 aliphatic heterocycles. The first-order valence-electron chi connectivity index (χ1n) is 6.56. The third-order valence-corrected chi connectivity index (χ3v) is 4.07. The van der Waals surface area contributed by atoms with Crippen molar-refractivity contribution in [2.45, 2.75) is 39.2 Å². The van der Waals surface area contributed by atoms with Crippen LogP contribution in [0.1, 0.15) is 33.1 Å². The van der Waals surface area contributed by atoms with Gasteiger partial charge in [-0.1, -0.05) is 0 Å². The summed E-state index contributed by atoms with van der Waals surface area (Å²) in [7, 11) is 0. The van der Waals surface area contributed by atoms with Crippen LogP contribution in [0.25, 0.3) is 0 Å². The summed E-state index contributed by atoms with van der Waals surface area (Å²) < 4.78 is 5.41. The Labute approximate surface area is 107 Å². The highest BCUT2D eigenvalue weighted by Gasteiger charge is 2.41. The van der Waals surface area contributed by atoms with Crippen LogP contribution in [-0.2, 0) is 14.3 Å². The molecule has 1 amide bonds. The molecule has 2 aliphatic rings. The zero-order valence-electron chi connectivity index (χ0n) is 11.0. The van der Waals surface area contributed by atoms with E-state index >= 15 is 0 Å². The zero-order chi connectivity index (χ0) is 13.3. The molecule has 0 aromatic heterocycles. The molecule has 2 fully saturated rings. The standard InChI is InChI=1S/C13H21NO4/c1-9-6-10(7-18-9)11(15)14-5-3-4-13(2,8-14)12(16)17/h9-10H,3-8H2,1-2H3,(H,16,17). The fraction of sp³-hybridized carbons (Fsp3) is 0.846. The van der Waals surface area contributed by atoms with Crippen molar-refractivity contribution in [1.29, 1.82) is 0 Å². The average Bonchev–Trinajstić information content (AvgIpc) is 2.75. The Morgan fingerprint density at radius 2 is 2.17 bits per heavy atom. The molecule has 102 valence electrons. The molecule has 5 heteroatoms. The number of nitrogens with zero attached hydrogens (tertiary/aromatic N) is 1. The average molecular weight is 255 g/mol. The Kier molecular flexibility index (Phi) is 3.61. The number of carbonyl (C=O) groups excluding carboxylic acids is 1. The SMILES string of the molecule is CC1CC(C(=O)N2CCCC(C)(C(=O)O)C2)CO1. The fourth-order valence-electron chi connectivity index (χ4n) is 2.85. The lowest BCUT2D eigenvalue weighted by Gasteiger charge is -2.38. The van der Waals surface area contributed by atoms with E-state index in [4.69, 9.17) is 4.74 Å². The molecule has 3 atom stereocenters. The molecule has 2 rings (SSSR count). The number of amides is 1. The lowest BCUT2D eigenvalue weighted by molar-refractivity contribution is -0.154. The van der Waals surface area contributed by atoms with Crippen molar-refractivity contribution in [3.8, 4) is 0 Å². The summed E-state index contributed by atoms with van der Waals surface area (Å²) in [6, 6.07) is 0. The molecular formula is C13H21NO4. The van der Waals surface area contributed by atoms with Gasteiger partial charge in [-0.05, 0) is 33.1 Å². The molecule has 0 bridgehead atoms. The number of hydrogen-bond acceptors (Lipinski definition) is 3. The second-order valence-electron chi connectivity index (χ2n) is 5.81. The Morgan fingerprint density at radius 1 is 1.44 bits per heavy atom. The van der Waals surface area contributed by atoms with Gasteiger partial charge in [-0.3, -0.25) is 9.59 Å². The van der Waals surface area contributed by atoms with Gasteiger partial charge in [-0.2, -0.15) is 0 Å². The second-order valence-corrected chi connectivity index (χ2v) is 5.81. The van der Waals surface area contributed by atoms with Gasteiger partial charge >= 0.3 is 5.97 Å². The van der Waals surface area contributed by atoms with Crippen LogP contribution in [0, 0.1) is 11.3 Å². The molecular weight excluding hydrogens is 234 g/mol. The first-order chi connectivity index (χ1) is 8.42. The molecule has 1 N–H and O–H groups in total. The third kappa shape index (κ3) is 2.51. The molecule has 18 heavy (non-hydrogen) atoms. The lowest BCUT2D eigenvalue weighted by Crippen LogP contribution is -2.50. The van der Waals surface area contributed by atoms with E-state index in [9.17, 15) is 14.7 Å². The smallest absolute Gasteiger partial charge is 0.311 e. The third-order valence-electron chi connectivity index (χ3n) is 4.07. The summed E-state index contributed by atoms with van der Waals surface area (Å²) in [5, 5.41) is 9.24. The number of hydrogen-bond donors (Lipinski definition) is 1. The number of ether oxygens (including phenoxy) is 1. The van der Waals surface area contributed by atoms with Gasteiger partial charge in [0.1, 0.15) is 0 Å². The van der Waals surface area contributed by atoms with E-state index in [0.717, 1.165) is 12.8 Å². The van der Waals surface area contributed by atoms with E-state index in [-0.39, 0.29) is 17.9 Å². The van der Waals surface area contributed by atoms with Gasteiger partial charge in [-0.15, -0.1) is 0 Å². The van der Waals surface area contributed by atoms with Crippen molar-refractivity contribution in [1.82, 2.24) is 4.90 Å². The maximum Gasteiger partial charge on any atom is 0.311 e. The minimum atomic E-state index is -0.809. The Hall–Kier alpha value is -1.10. The number of carbonyl (C=O) groups is 2. The maximum atomic E-state index is 12.3. The first-order valence-corrected chi connectivity index (χ1v) is 6.56. The molecule has 3 unspecified atom stereocenters. The van der Waals surface area contributed by atoms with E-state index in [1.54, 1.807) is 11.8 Å². The van der Waals surface area contributed by atoms with Gasteiger partial charge < -0.3 is 14.7 Å². The van der Waals surface area contributed by atoms with Crippen LogP contribution in [-0.4, -0.2) is 47.7 Å². The van der Waals surface area contributed by atoms with Crippen LogP contribution in [0.5, 0.6) is 0 Å². The minimum Gasteiger partial charge on any atom is -0.481 e. The monoisotopic (exact) mass is 255 g/mol. The quantitative estimate of drug-likeness (QED) is 0.803. The van der Waals surface area contributed by atoms with E-state index in [0.29, 0.717) is 26.1 Å². The zero-order valence-corrected chi connectivity index (χ0v) is 11.0. The van der Waals surface area contributed by atoms with Gasteiger partial charge in [0.2, 0.25) is 5.91 Å². The summed E-state index contributed by atoms with van der Waals surface area (Å²) in [4.78, 5) is 25.3. The first kappa shape index (κ1) is 13.3.